The predicted molar refractivity (Wildman–Crippen MR) is 73.1 cm³/mol. The second-order valence-corrected chi connectivity index (χ2v) is 4.49. The molecule has 5 heteroatoms. The molecule has 1 amide bonds. The van der Waals surface area contributed by atoms with Crippen molar-refractivity contribution in [1.29, 1.82) is 0 Å². The highest BCUT2D eigenvalue weighted by Crippen LogP contribution is 2.22. The average Bonchev–Trinajstić information content (AvgIpc) is 2.35. The summed E-state index contributed by atoms with van der Waals surface area (Å²) in [4.78, 5) is 12.0. The summed E-state index contributed by atoms with van der Waals surface area (Å²) in [5.41, 5.74) is 0.829. The summed E-state index contributed by atoms with van der Waals surface area (Å²) in [7, 11) is 0. The molecule has 0 heterocycles. The number of para-hydroxylation sites is 1. The standard InChI is InChI=1S/C13H9ClFNOS/c14-9-3-1-2-4-11(9)16-13(17)8-5-6-10(15)12(18)7-8/h1-7,18H,(H,16,17). The molecule has 0 radical (unpaired) electrons. The van der Waals surface area contributed by atoms with E-state index >= 15 is 0 Å². The Balaban J connectivity index is 2.22. The fourth-order valence-electron chi connectivity index (χ4n) is 1.41. The zero-order valence-corrected chi connectivity index (χ0v) is 10.8. The molecule has 0 spiro atoms. The van der Waals surface area contributed by atoms with Gasteiger partial charge in [-0.05, 0) is 30.3 Å². The number of carbonyl (C=O) groups is 1. The Morgan fingerprint density at radius 1 is 1.22 bits per heavy atom. The SMILES string of the molecule is O=C(Nc1ccccc1Cl)c1ccc(F)c(S)c1. The van der Waals surface area contributed by atoms with E-state index in [9.17, 15) is 9.18 Å². The summed E-state index contributed by atoms with van der Waals surface area (Å²) in [6.07, 6.45) is 0. The van der Waals surface area contributed by atoms with Crippen LogP contribution in [-0.4, -0.2) is 5.91 Å². The number of hydrogen-bond acceptors (Lipinski definition) is 2. The smallest absolute Gasteiger partial charge is 0.255 e. The molecule has 2 rings (SSSR count). The first-order chi connectivity index (χ1) is 8.58. The summed E-state index contributed by atoms with van der Waals surface area (Å²) < 4.78 is 13.0. The number of amides is 1. The number of thiol groups is 1. The minimum absolute atomic E-state index is 0.127. The topological polar surface area (TPSA) is 29.1 Å². The molecule has 0 bridgehead atoms. The summed E-state index contributed by atoms with van der Waals surface area (Å²) >= 11 is 9.85. The number of benzene rings is 2. The van der Waals surface area contributed by atoms with Crippen LogP contribution in [0.4, 0.5) is 10.1 Å². The molecule has 0 unspecified atom stereocenters. The van der Waals surface area contributed by atoms with E-state index in [1.54, 1.807) is 24.3 Å². The van der Waals surface area contributed by atoms with Crippen LogP contribution in [0.3, 0.4) is 0 Å². The van der Waals surface area contributed by atoms with Gasteiger partial charge in [0.1, 0.15) is 5.82 Å². The van der Waals surface area contributed by atoms with Gasteiger partial charge in [0.05, 0.1) is 10.7 Å². The Kier molecular flexibility index (Phi) is 3.89. The first kappa shape index (κ1) is 12.9. The number of anilines is 1. The Labute approximate surface area is 114 Å². The van der Waals surface area contributed by atoms with Gasteiger partial charge in [0.25, 0.3) is 5.91 Å². The maximum absolute atomic E-state index is 13.0. The van der Waals surface area contributed by atoms with Gasteiger partial charge < -0.3 is 5.32 Å². The molecule has 0 saturated carbocycles. The first-order valence-corrected chi connectivity index (χ1v) is 5.95. The summed E-state index contributed by atoms with van der Waals surface area (Å²) in [5.74, 6) is -0.828. The van der Waals surface area contributed by atoms with E-state index in [2.05, 4.69) is 17.9 Å². The molecule has 0 saturated heterocycles. The summed E-state index contributed by atoms with van der Waals surface area (Å²) in [6, 6.07) is 10.8. The van der Waals surface area contributed by atoms with Crippen LogP contribution in [0.15, 0.2) is 47.4 Å². The highest BCUT2D eigenvalue weighted by atomic mass is 35.5. The van der Waals surface area contributed by atoms with Gasteiger partial charge in [0.2, 0.25) is 0 Å². The Hall–Kier alpha value is -1.52. The molecule has 92 valence electrons. The van der Waals surface area contributed by atoms with E-state index in [0.29, 0.717) is 16.3 Å². The van der Waals surface area contributed by atoms with Gasteiger partial charge in [-0.3, -0.25) is 4.79 Å². The normalized spacial score (nSPS) is 10.2. The molecular weight excluding hydrogens is 273 g/mol. The zero-order chi connectivity index (χ0) is 13.1. The molecule has 1 N–H and O–H groups in total. The van der Waals surface area contributed by atoms with E-state index in [1.807, 2.05) is 0 Å². The molecule has 0 aliphatic carbocycles. The number of nitrogens with one attached hydrogen (secondary N) is 1. The molecule has 0 fully saturated rings. The first-order valence-electron chi connectivity index (χ1n) is 5.12. The third-order valence-electron chi connectivity index (χ3n) is 2.33. The number of halogens is 2. The molecule has 0 aromatic heterocycles. The van der Waals surface area contributed by atoms with Crippen molar-refractivity contribution >= 4 is 35.8 Å². The van der Waals surface area contributed by atoms with Crippen LogP contribution in [0.5, 0.6) is 0 Å². The third kappa shape index (κ3) is 2.83. The highest BCUT2D eigenvalue weighted by Gasteiger charge is 2.09. The third-order valence-corrected chi connectivity index (χ3v) is 3.00. The fourth-order valence-corrected chi connectivity index (χ4v) is 1.81. The summed E-state index contributed by atoms with van der Waals surface area (Å²) in [6.45, 7) is 0. The minimum atomic E-state index is -0.465. The molecule has 2 aromatic carbocycles. The van der Waals surface area contributed by atoms with Gasteiger partial charge in [0, 0.05) is 10.5 Å². The van der Waals surface area contributed by atoms with Crippen LogP contribution < -0.4 is 5.32 Å². The van der Waals surface area contributed by atoms with E-state index in [4.69, 9.17) is 11.6 Å². The van der Waals surface area contributed by atoms with Crippen molar-refractivity contribution in [3.8, 4) is 0 Å². The number of carbonyl (C=O) groups excluding carboxylic acids is 1. The van der Waals surface area contributed by atoms with Crippen molar-refractivity contribution in [1.82, 2.24) is 0 Å². The lowest BCUT2D eigenvalue weighted by molar-refractivity contribution is 0.102. The van der Waals surface area contributed by atoms with Gasteiger partial charge in [-0.15, -0.1) is 12.6 Å². The van der Waals surface area contributed by atoms with E-state index in [1.165, 1.54) is 18.2 Å². The lowest BCUT2D eigenvalue weighted by Gasteiger charge is -2.07. The van der Waals surface area contributed by atoms with Crippen molar-refractivity contribution in [3.05, 3.63) is 58.9 Å². The predicted octanol–water partition coefficient (Wildman–Crippen LogP) is 4.02. The van der Waals surface area contributed by atoms with Crippen LogP contribution >= 0.6 is 24.2 Å². The second kappa shape index (κ2) is 5.42. The van der Waals surface area contributed by atoms with Crippen LogP contribution in [-0.2, 0) is 0 Å². The number of rotatable bonds is 2. The molecule has 0 aliphatic rings. The quantitative estimate of drug-likeness (QED) is 0.800. The molecular formula is C13H9ClFNOS. The van der Waals surface area contributed by atoms with Crippen LogP contribution in [0.25, 0.3) is 0 Å². The molecule has 0 atom stereocenters. The molecule has 2 aromatic rings. The van der Waals surface area contributed by atoms with Crippen LogP contribution in [0, 0.1) is 5.82 Å². The van der Waals surface area contributed by atoms with Gasteiger partial charge in [0.15, 0.2) is 0 Å². The fraction of sp³-hybridized carbons (Fsp3) is 0. The maximum Gasteiger partial charge on any atom is 0.255 e. The Morgan fingerprint density at radius 3 is 2.61 bits per heavy atom. The molecule has 0 aliphatic heterocycles. The monoisotopic (exact) mass is 281 g/mol. The van der Waals surface area contributed by atoms with Crippen molar-refractivity contribution in [2.45, 2.75) is 4.90 Å². The van der Waals surface area contributed by atoms with Gasteiger partial charge >= 0.3 is 0 Å². The minimum Gasteiger partial charge on any atom is -0.321 e. The largest absolute Gasteiger partial charge is 0.321 e. The van der Waals surface area contributed by atoms with E-state index in [-0.39, 0.29) is 10.8 Å². The lowest BCUT2D eigenvalue weighted by Crippen LogP contribution is -2.12. The Morgan fingerprint density at radius 2 is 1.94 bits per heavy atom. The van der Waals surface area contributed by atoms with Crippen LogP contribution in [0.1, 0.15) is 10.4 Å². The Bertz CT molecular complexity index is 603. The second-order valence-electron chi connectivity index (χ2n) is 3.60. The molecule has 2 nitrogen and oxygen atoms in total. The summed E-state index contributed by atoms with van der Waals surface area (Å²) in [5, 5.41) is 3.09. The van der Waals surface area contributed by atoms with Crippen molar-refractivity contribution in [2.24, 2.45) is 0 Å². The van der Waals surface area contributed by atoms with E-state index in [0.717, 1.165) is 0 Å². The van der Waals surface area contributed by atoms with Crippen molar-refractivity contribution in [3.63, 3.8) is 0 Å². The average molecular weight is 282 g/mol. The van der Waals surface area contributed by atoms with Crippen molar-refractivity contribution < 1.29 is 9.18 Å². The van der Waals surface area contributed by atoms with Crippen molar-refractivity contribution in [2.75, 3.05) is 5.32 Å². The number of hydrogen-bond donors (Lipinski definition) is 2. The van der Waals surface area contributed by atoms with Gasteiger partial charge in [-0.25, -0.2) is 4.39 Å². The van der Waals surface area contributed by atoms with Gasteiger partial charge in [-0.1, -0.05) is 23.7 Å². The van der Waals surface area contributed by atoms with E-state index < -0.39 is 5.82 Å². The zero-order valence-electron chi connectivity index (χ0n) is 9.15. The van der Waals surface area contributed by atoms with Crippen LogP contribution in [0.2, 0.25) is 5.02 Å². The highest BCUT2D eigenvalue weighted by molar-refractivity contribution is 7.80. The lowest BCUT2D eigenvalue weighted by atomic mass is 10.2. The molecule has 18 heavy (non-hydrogen) atoms. The maximum atomic E-state index is 13.0. The van der Waals surface area contributed by atoms with Gasteiger partial charge in [-0.2, -0.15) is 0 Å².